The van der Waals surface area contributed by atoms with E-state index in [-0.39, 0.29) is 5.75 Å². The van der Waals surface area contributed by atoms with Gasteiger partial charge in [0.15, 0.2) is 0 Å². The Balaban J connectivity index is 2.97. The zero-order chi connectivity index (χ0) is 12.8. The number of carbonyl (C=O) groups is 1. The molecule has 0 bridgehead atoms. The molecule has 0 heterocycles. The fourth-order valence-electron chi connectivity index (χ4n) is 1.32. The molecule has 1 amide bonds. The van der Waals surface area contributed by atoms with Gasteiger partial charge >= 0.3 is 0 Å². The van der Waals surface area contributed by atoms with Crippen molar-refractivity contribution in [2.75, 3.05) is 13.2 Å². The van der Waals surface area contributed by atoms with Crippen molar-refractivity contribution in [1.82, 2.24) is 5.32 Å². The standard InChI is InChI=1S/C12H15F2NO2/c1-3-5-17-8-6-9(13)11(10(14)7-8)12(16)15-4-2/h6-7H,3-5H2,1-2H3,(H,15,16). The van der Waals surface area contributed by atoms with Crippen molar-refractivity contribution < 1.29 is 18.3 Å². The Morgan fingerprint density at radius 2 is 1.88 bits per heavy atom. The number of nitrogens with one attached hydrogen (secondary N) is 1. The lowest BCUT2D eigenvalue weighted by molar-refractivity contribution is 0.0947. The van der Waals surface area contributed by atoms with Crippen molar-refractivity contribution in [3.05, 3.63) is 29.3 Å². The van der Waals surface area contributed by atoms with E-state index in [1.54, 1.807) is 6.92 Å². The molecule has 0 aliphatic carbocycles. The van der Waals surface area contributed by atoms with Crippen molar-refractivity contribution in [3.8, 4) is 5.75 Å². The third-order valence-electron chi connectivity index (χ3n) is 2.05. The molecule has 0 aromatic heterocycles. The van der Waals surface area contributed by atoms with Crippen molar-refractivity contribution in [1.29, 1.82) is 0 Å². The van der Waals surface area contributed by atoms with E-state index in [4.69, 9.17) is 4.74 Å². The van der Waals surface area contributed by atoms with Gasteiger partial charge in [-0.25, -0.2) is 8.78 Å². The molecule has 0 fully saturated rings. The van der Waals surface area contributed by atoms with Crippen LogP contribution in [0, 0.1) is 11.6 Å². The number of rotatable bonds is 5. The SMILES string of the molecule is CCCOc1cc(F)c(C(=O)NCC)c(F)c1. The Labute approximate surface area is 98.8 Å². The minimum atomic E-state index is -0.915. The van der Waals surface area contributed by atoms with E-state index >= 15 is 0 Å². The third-order valence-corrected chi connectivity index (χ3v) is 2.05. The van der Waals surface area contributed by atoms with Gasteiger partial charge in [0.05, 0.1) is 6.61 Å². The summed E-state index contributed by atoms with van der Waals surface area (Å²) in [4.78, 5) is 11.4. The maximum absolute atomic E-state index is 13.5. The molecule has 1 aromatic carbocycles. The molecule has 0 aliphatic rings. The van der Waals surface area contributed by atoms with Crippen molar-refractivity contribution in [2.45, 2.75) is 20.3 Å². The lowest BCUT2D eigenvalue weighted by Crippen LogP contribution is -2.25. The summed E-state index contributed by atoms with van der Waals surface area (Å²) in [6.45, 7) is 4.24. The molecular weight excluding hydrogens is 228 g/mol. The Morgan fingerprint density at radius 3 is 2.35 bits per heavy atom. The number of hydrogen-bond donors (Lipinski definition) is 1. The Hall–Kier alpha value is -1.65. The zero-order valence-electron chi connectivity index (χ0n) is 9.85. The fourth-order valence-corrected chi connectivity index (χ4v) is 1.32. The quantitative estimate of drug-likeness (QED) is 0.862. The maximum Gasteiger partial charge on any atom is 0.257 e. The van der Waals surface area contributed by atoms with Gasteiger partial charge in [0, 0.05) is 18.7 Å². The minimum absolute atomic E-state index is 0.0925. The fraction of sp³-hybridized carbons (Fsp3) is 0.417. The van der Waals surface area contributed by atoms with Crippen LogP contribution in [-0.2, 0) is 0 Å². The summed E-state index contributed by atoms with van der Waals surface area (Å²) in [5.74, 6) is -2.50. The molecule has 0 aliphatic heterocycles. The normalized spacial score (nSPS) is 10.1. The van der Waals surface area contributed by atoms with Crippen LogP contribution in [0.4, 0.5) is 8.78 Å². The van der Waals surface area contributed by atoms with Crippen LogP contribution in [0.5, 0.6) is 5.75 Å². The van der Waals surface area contributed by atoms with E-state index in [0.29, 0.717) is 13.2 Å². The summed E-state index contributed by atoms with van der Waals surface area (Å²) in [7, 11) is 0. The number of amides is 1. The number of benzene rings is 1. The van der Waals surface area contributed by atoms with Gasteiger partial charge in [0.1, 0.15) is 22.9 Å². The molecule has 94 valence electrons. The highest BCUT2D eigenvalue weighted by atomic mass is 19.1. The molecule has 0 unspecified atom stereocenters. The first-order valence-electron chi connectivity index (χ1n) is 5.50. The van der Waals surface area contributed by atoms with Gasteiger partial charge in [-0.15, -0.1) is 0 Å². The molecular formula is C12H15F2NO2. The molecule has 0 saturated heterocycles. The monoisotopic (exact) mass is 243 g/mol. The molecule has 0 spiro atoms. The minimum Gasteiger partial charge on any atom is -0.493 e. The highest BCUT2D eigenvalue weighted by Gasteiger charge is 2.18. The summed E-state index contributed by atoms with van der Waals surface area (Å²) in [5.41, 5.74) is -0.573. The molecule has 3 nitrogen and oxygen atoms in total. The van der Waals surface area contributed by atoms with Gasteiger partial charge in [-0.05, 0) is 13.3 Å². The van der Waals surface area contributed by atoms with E-state index in [1.807, 2.05) is 6.92 Å². The second-order valence-corrected chi connectivity index (χ2v) is 3.47. The molecule has 1 rings (SSSR count). The second kappa shape index (κ2) is 6.18. The summed E-state index contributed by atoms with van der Waals surface area (Å²) in [5, 5.41) is 2.35. The first-order chi connectivity index (χ1) is 8.10. The smallest absolute Gasteiger partial charge is 0.257 e. The van der Waals surface area contributed by atoms with E-state index in [1.165, 1.54) is 0 Å². The van der Waals surface area contributed by atoms with Gasteiger partial charge in [-0.1, -0.05) is 6.92 Å². The number of ether oxygens (including phenoxy) is 1. The Kier molecular flexibility index (Phi) is 4.87. The van der Waals surface area contributed by atoms with Crippen LogP contribution in [0.2, 0.25) is 0 Å². The average Bonchev–Trinajstić information content (AvgIpc) is 2.25. The number of halogens is 2. The lowest BCUT2D eigenvalue weighted by Gasteiger charge is -2.09. The van der Waals surface area contributed by atoms with Gasteiger partial charge in [0.25, 0.3) is 5.91 Å². The number of carbonyl (C=O) groups excluding carboxylic acids is 1. The van der Waals surface area contributed by atoms with Crippen LogP contribution >= 0.6 is 0 Å². The van der Waals surface area contributed by atoms with Crippen molar-refractivity contribution >= 4 is 5.91 Å². The van der Waals surface area contributed by atoms with Crippen LogP contribution in [0.25, 0.3) is 0 Å². The highest BCUT2D eigenvalue weighted by Crippen LogP contribution is 2.20. The molecule has 0 saturated carbocycles. The molecule has 5 heteroatoms. The topological polar surface area (TPSA) is 38.3 Å². The summed E-state index contributed by atoms with van der Waals surface area (Å²) in [6, 6.07) is 2.03. The summed E-state index contributed by atoms with van der Waals surface area (Å²) < 4.78 is 32.2. The predicted molar refractivity (Wildman–Crippen MR) is 60.2 cm³/mol. The van der Waals surface area contributed by atoms with Crippen molar-refractivity contribution in [2.24, 2.45) is 0 Å². The van der Waals surface area contributed by atoms with E-state index in [0.717, 1.165) is 18.6 Å². The lowest BCUT2D eigenvalue weighted by atomic mass is 10.1. The van der Waals surface area contributed by atoms with E-state index < -0.39 is 23.1 Å². The summed E-state index contributed by atoms with van der Waals surface area (Å²) in [6.07, 6.45) is 0.737. The second-order valence-electron chi connectivity index (χ2n) is 3.47. The van der Waals surface area contributed by atoms with Crippen LogP contribution < -0.4 is 10.1 Å². The Bertz CT molecular complexity index is 384. The van der Waals surface area contributed by atoms with Crippen LogP contribution in [0.1, 0.15) is 30.6 Å². The first kappa shape index (κ1) is 13.4. The van der Waals surface area contributed by atoms with E-state index in [2.05, 4.69) is 5.32 Å². The van der Waals surface area contributed by atoms with E-state index in [9.17, 15) is 13.6 Å². The van der Waals surface area contributed by atoms with Gasteiger partial charge in [-0.2, -0.15) is 0 Å². The molecule has 0 radical (unpaired) electrons. The summed E-state index contributed by atoms with van der Waals surface area (Å²) >= 11 is 0. The maximum atomic E-state index is 13.5. The molecule has 0 atom stereocenters. The predicted octanol–water partition coefficient (Wildman–Crippen LogP) is 2.50. The van der Waals surface area contributed by atoms with Crippen LogP contribution in [0.3, 0.4) is 0 Å². The Morgan fingerprint density at radius 1 is 1.29 bits per heavy atom. The molecule has 17 heavy (non-hydrogen) atoms. The van der Waals surface area contributed by atoms with Crippen LogP contribution in [0.15, 0.2) is 12.1 Å². The largest absolute Gasteiger partial charge is 0.493 e. The average molecular weight is 243 g/mol. The third kappa shape index (κ3) is 3.41. The molecule has 1 N–H and O–H groups in total. The van der Waals surface area contributed by atoms with Crippen molar-refractivity contribution in [3.63, 3.8) is 0 Å². The number of hydrogen-bond acceptors (Lipinski definition) is 2. The van der Waals surface area contributed by atoms with Gasteiger partial charge in [0.2, 0.25) is 0 Å². The molecule has 1 aromatic rings. The van der Waals surface area contributed by atoms with Gasteiger partial charge < -0.3 is 10.1 Å². The zero-order valence-corrected chi connectivity index (χ0v) is 9.85. The van der Waals surface area contributed by atoms with Crippen LogP contribution in [-0.4, -0.2) is 19.1 Å². The highest BCUT2D eigenvalue weighted by molar-refractivity contribution is 5.94. The van der Waals surface area contributed by atoms with Gasteiger partial charge in [-0.3, -0.25) is 4.79 Å². The first-order valence-corrected chi connectivity index (χ1v) is 5.50.